The van der Waals surface area contributed by atoms with Crippen LogP contribution >= 0.6 is 0 Å². The summed E-state index contributed by atoms with van der Waals surface area (Å²) in [5.41, 5.74) is 0.157. The van der Waals surface area contributed by atoms with E-state index in [1.54, 1.807) is 13.8 Å². The molecule has 0 fully saturated rings. The van der Waals surface area contributed by atoms with Gasteiger partial charge in [-0.05, 0) is 30.2 Å². The lowest BCUT2D eigenvalue weighted by Crippen LogP contribution is -2.44. The van der Waals surface area contributed by atoms with Crippen molar-refractivity contribution in [1.82, 2.24) is 5.32 Å². The van der Waals surface area contributed by atoms with Crippen LogP contribution in [0.3, 0.4) is 0 Å². The molecule has 20 heavy (non-hydrogen) atoms. The van der Waals surface area contributed by atoms with Gasteiger partial charge in [0.05, 0.1) is 4.90 Å². The first kappa shape index (κ1) is 16.1. The van der Waals surface area contributed by atoms with Gasteiger partial charge in [0, 0.05) is 5.56 Å². The van der Waals surface area contributed by atoms with Crippen molar-refractivity contribution >= 4 is 21.9 Å². The molecule has 0 saturated carbocycles. The summed E-state index contributed by atoms with van der Waals surface area (Å²) in [7, 11) is -3.82. The fourth-order valence-corrected chi connectivity index (χ4v) is 2.05. The van der Waals surface area contributed by atoms with Crippen LogP contribution in [0, 0.1) is 5.92 Å². The van der Waals surface area contributed by atoms with Crippen molar-refractivity contribution in [2.45, 2.75) is 24.8 Å². The second-order valence-electron chi connectivity index (χ2n) is 4.60. The molecule has 1 aromatic rings. The SMILES string of the molecule is CC(C)C(NC(=O)c1ccc(S(N)(=O)=O)cc1)C(=O)O. The zero-order chi connectivity index (χ0) is 15.5. The predicted octanol–water partition coefficient (Wildman–Crippen LogP) is 0.173. The monoisotopic (exact) mass is 300 g/mol. The molecule has 8 heteroatoms. The van der Waals surface area contributed by atoms with E-state index in [1.807, 2.05) is 0 Å². The molecule has 0 spiro atoms. The Balaban J connectivity index is 2.91. The van der Waals surface area contributed by atoms with Gasteiger partial charge in [-0.15, -0.1) is 0 Å². The van der Waals surface area contributed by atoms with Crippen LogP contribution < -0.4 is 10.5 Å². The molecule has 0 aliphatic rings. The predicted molar refractivity (Wildman–Crippen MR) is 71.5 cm³/mol. The summed E-state index contributed by atoms with van der Waals surface area (Å²) >= 11 is 0. The van der Waals surface area contributed by atoms with Crippen LogP contribution in [0.5, 0.6) is 0 Å². The second kappa shape index (κ2) is 6.02. The van der Waals surface area contributed by atoms with Crippen LogP contribution in [0.25, 0.3) is 0 Å². The lowest BCUT2D eigenvalue weighted by atomic mass is 10.0. The summed E-state index contributed by atoms with van der Waals surface area (Å²) in [6, 6.07) is 3.91. The van der Waals surface area contributed by atoms with Crippen LogP contribution in [0.2, 0.25) is 0 Å². The molecule has 0 aromatic heterocycles. The normalized spacial score (nSPS) is 13.0. The Morgan fingerprint density at radius 2 is 1.70 bits per heavy atom. The number of aliphatic carboxylic acids is 1. The van der Waals surface area contributed by atoms with E-state index in [-0.39, 0.29) is 16.4 Å². The molecule has 0 aliphatic carbocycles. The maximum Gasteiger partial charge on any atom is 0.326 e. The highest BCUT2D eigenvalue weighted by Gasteiger charge is 2.24. The number of nitrogens with two attached hydrogens (primary N) is 1. The number of hydrogen-bond donors (Lipinski definition) is 3. The molecule has 1 atom stereocenters. The molecule has 4 N–H and O–H groups in total. The molecule has 110 valence electrons. The Morgan fingerprint density at radius 3 is 2.05 bits per heavy atom. The summed E-state index contributed by atoms with van der Waals surface area (Å²) < 4.78 is 22.1. The van der Waals surface area contributed by atoms with Gasteiger partial charge in [0.25, 0.3) is 5.91 Å². The molecule has 1 unspecified atom stereocenters. The minimum absolute atomic E-state index is 0.118. The van der Waals surface area contributed by atoms with Crippen molar-refractivity contribution in [3.63, 3.8) is 0 Å². The molecule has 1 amide bonds. The van der Waals surface area contributed by atoms with E-state index in [0.29, 0.717) is 0 Å². The van der Waals surface area contributed by atoms with Crippen LogP contribution in [-0.2, 0) is 14.8 Å². The van der Waals surface area contributed by atoms with Gasteiger partial charge in [-0.2, -0.15) is 0 Å². The number of amides is 1. The maximum absolute atomic E-state index is 11.9. The van der Waals surface area contributed by atoms with E-state index in [9.17, 15) is 18.0 Å². The first-order valence-electron chi connectivity index (χ1n) is 5.79. The third-order valence-corrected chi connectivity index (χ3v) is 3.59. The summed E-state index contributed by atoms with van der Waals surface area (Å²) in [4.78, 5) is 22.7. The highest BCUT2D eigenvalue weighted by atomic mass is 32.2. The van der Waals surface area contributed by atoms with Crippen molar-refractivity contribution in [2.24, 2.45) is 11.1 Å². The number of sulfonamides is 1. The zero-order valence-corrected chi connectivity index (χ0v) is 11.8. The Morgan fingerprint density at radius 1 is 1.20 bits per heavy atom. The average molecular weight is 300 g/mol. The third kappa shape index (κ3) is 4.04. The van der Waals surface area contributed by atoms with Crippen LogP contribution in [0.15, 0.2) is 29.2 Å². The van der Waals surface area contributed by atoms with E-state index < -0.39 is 27.9 Å². The molecule has 0 heterocycles. The molecule has 0 radical (unpaired) electrons. The number of carbonyl (C=O) groups excluding carboxylic acids is 1. The van der Waals surface area contributed by atoms with Crippen molar-refractivity contribution < 1.29 is 23.1 Å². The third-order valence-electron chi connectivity index (χ3n) is 2.66. The van der Waals surface area contributed by atoms with Gasteiger partial charge in [0.15, 0.2) is 0 Å². The maximum atomic E-state index is 11.9. The van der Waals surface area contributed by atoms with Crippen molar-refractivity contribution in [2.75, 3.05) is 0 Å². The Kier molecular flexibility index (Phi) is 4.85. The van der Waals surface area contributed by atoms with E-state index in [4.69, 9.17) is 10.2 Å². The summed E-state index contributed by atoms with van der Waals surface area (Å²) in [5.74, 6) is -2.00. The lowest BCUT2D eigenvalue weighted by Gasteiger charge is -2.17. The standard InChI is InChI=1S/C12H16N2O5S/c1-7(2)10(12(16)17)14-11(15)8-3-5-9(6-4-8)20(13,18)19/h3-7,10H,1-2H3,(H,14,15)(H,16,17)(H2,13,18,19). The minimum Gasteiger partial charge on any atom is -0.480 e. The number of rotatable bonds is 5. The molecule has 0 saturated heterocycles. The fraction of sp³-hybridized carbons (Fsp3) is 0.333. The van der Waals surface area contributed by atoms with Gasteiger partial charge in [-0.25, -0.2) is 18.4 Å². The number of primary sulfonamides is 1. The number of benzene rings is 1. The minimum atomic E-state index is -3.82. The van der Waals surface area contributed by atoms with Gasteiger partial charge in [-0.1, -0.05) is 13.8 Å². The molecule has 1 aromatic carbocycles. The molecular weight excluding hydrogens is 284 g/mol. The van der Waals surface area contributed by atoms with Gasteiger partial charge in [-0.3, -0.25) is 4.79 Å². The van der Waals surface area contributed by atoms with E-state index in [1.165, 1.54) is 24.3 Å². The number of carbonyl (C=O) groups is 2. The summed E-state index contributed by atoms with van der Waals surface area (Å²) in [6.07, 6.45) is 0. The number of carboxylic acid groups (broad SMARTS) is 1. The summed E-state index contributed by atoms with van der Waals surface area (Å²) in [6.45, 7) is 3.34. The van der Waals surface area contributed by atoms with E-state index in [0.717, 1.165) is 0 Å². The Labute approximate surface area is 116 Å². The second-order valence-corrected chi connectivity index (χ2v) is 6.16. The van der Waals surface area contributed by atoms with Gasteiger partial charge >= 0.3 is 5.97 Å². The quantitative estimate of drug-likeness (QED) is 0.714. The van der Waals surface area contributed by atoms with Crippen LogP contribution in [-0.4, -0.2) is 31.4 Å². The lowest BCUT2D eigenvalue weighted by molar-refractivity contribution is -0.140. The van der Waals surface area contributed by atoms with E-state index in [2.05, 4.69) is 5.32 Å². The van der Waals surface area contributed by atoms with Crippen molar-refractivity contribution in [3.05, 3.63) is 29.8 Å². The fourth-order valence-electron chi connectivity index (χ4n) is 1.53. The number of hydrogen-bond acceptors (Lipinski definition) is 4. The zero-order valence-electron chi connectivity index (χ0n) is 11.0. The van der Waals surface area contributed by atoms with Gasteiger partial charge < -0.3 is 10.4 Å². The largest absolute Gasteiger partial charge is 0.480 e. The van der Waals surface area contributed by atoms with Crippen LogP contribution in [0.4, 0.5) is 0 Å². The summed E-state index contributed by atoms with van der Waals surface area (Å²) in [5, 5.41) is 16.3. The molecule has 0 aliphatic heterocycles. The van der Waals surface area contributed by atoms with E-state index >= 15 is 0 Å². The van der Waals surface area contributed by atoms with Gasteiger partial charge in [0.2, 0.25) is 10.0 Å². The van der Waals surface area contributed by atoms with Crippen molar-refractivity contribution in [1.29, 1.82) is 0 Å². The molecular formula is C12H16N2O5S. The molecule has 1 rings (SSSR count). The Bertz CT molecular complexity index is 607. The highest BCUT2D eigenvalue weighted by Crippen LogP contribution is 2.10. The average Bonchev–Trinajstić information content (AvgIpc) is 2.34. The Hall–Kier alpha value is -1.93. The number of carboxylic acids is 1. The first-order chi connectivity index (χ1) is 9.12. The smallest absolute Gasteiger partial charge is 0.326 e. The first-order valence-corrected chi connectivity index (χ1v) is 7.34. The van der Waals surface area contributed by atoms with Crippen LogP contribution in [0.1, 0.15) is 24.2 Å². The topological polar surface area (TPSA) is 127 Å². The highest BCUT2D eigenvalue weighted by molar-refractivity contribution is 7.89. The molecule has 0 bridgehead atoms. The van der Waals surface area contributed by atoms with Crippen molar-refractivity contribution in [3.8, 4) is 0 Å². The van der Waals surface area contributed by atoms with Gasteiger partial charge in [0.1, 0.15) is 6.04 Å². The number of nitrogens with one attached hydrogen (secondary N) is 1. The molecule has 7 nitrogen and oxygen atoms in total.